The molecule has 7 heteroatoms. The second kappa shape index (κ2) is 10.1. The highest BCUT2D eigenvalue weighted by Crippen LogP contribution is 2.44. The van der Waals surface area contributed by atoms with Gasteiger partial charge in [-0.05, 0) is 56.5 Å². The summed E-state index contributed by atoms with van der Waals surface area (Å²) in [6.45, 7) is 4.59. The summed E-state index contributed by atoms with van der Waals surface area (Å²) in [6, 6.07) is 7.97. The minimum atomic E-state index is -0.670. The Morgan fingerprint density at radius 2 is 1.73 bits per heavy atom. The Balaban J connectivity index is 1.86. The van der Waals surface area contributed by atoms with Crippen LogP contribution in [0.4, 0.5) is 0 Å². The summed E-state index contributed by atoms with van der Waals surface area (Å²) in [5.74, 6) is -0.463. The van der Waals surface area contributed by atoms with Crippen LogP contribution >= 0.6 is 0 Å². The van der Waals surface area contributed by atoms with Crippen LogP contribution < -0.4 is 9.47 Å². The first kappa shape index (κ1) is 22.8. The first-order chi connectivity index (χ1) is 16.1. The molecule has 2 aliphatic rings. The summed E-state index contributed by atoms with van der Waals surface area (Å²) in [6.07, 6.45) is 8.14. The van der Waals surface area contributed by atoms with Crippen molar-refractivity contribution < 1.29 is 24.2 Å². The molecule has 0 radical (unpaired) electrons. The molecule has 33 heavy (non-hydrogen) atoms. The second-order valence-electron chi connectivity index (χ2n) is 8.30. The zero-order chi connectivity index (χ0) is 23.4. The smallest absolute Gasteiger partial charge is 0.295 e. The maximum absolute atomic E-state index is 13.3. The number of ketones is 1. The van der Waals surface area contributed by atoms with Crippen molar-refractivity contribution in [2.24, 2.45) is 0 Å². The van der Waals surface area contributed by atoms with Crippen LogP contribution in [0.5, 0.6) is 11.5 Å². The molecule has 174 valence electrons. The number of carbonyl (C=O) groups is 2. The highest BCUT2D eigenvalue weighted by molar-refractivity contribution is 6.46. The van der Waals surface area contributed by atoms with E-state index >= 15 is 0 Å². The van der Waals surface area contributed by atoms with Gasteiger partial charge in [0.1, 0.15) is 17.3 Å². The molecule has 1 saturated carbocycles. The molecule has 1 aliphatic carbocycles. The van der Waals surface area contributed by atoms with Gasteiger partial charge in [0.25, 0.3) is 11.7 Å². The fourth-order valence-corrected chi connectivity index (χ4v) is 4.83. The third-order valence-corrected chi connectivity index (χ3v) is 6.29. The monoisotopic (exact) mass is 450 g/mol. The van der Waals surface area contributed by atoms with E-state index in [0.29, 0.717) is 30.3 Å². The number of likely N-dealkylation sites (tertiary alicyclic amines) is 1. The number of nitrogens with zero attached hydrogens (tertiary/aromatic N) is 2. The molecular weight excluding hydrogens is 420 g/mol. The fraction of sp³-hybridized carbons (Fsp3) is 0.423. The Bertz CT molecular complexity index is 1040. The number of aromatic nitrogens is 1. The number of benzene rings is 1. The molecule has 1 N–H and O–H groups in total. The van der Waals surface area contributed by atoms with Gasteiger partial charge >= 0.3 is 0 Å². The summed E-state index contributed by atoms with van der Waals surface area (Å²) in [7, 11) is 0. The van der Waals surface area contributed by atoms with Crippen LogP contribution in [0.25, 0.3) is 5.76 Å². The number of amides is 1. The molecule has 1 aromatic carbocycles. The minimum Gasteiger partial charge on any atom is -0.507 e. The van der Waals surface area contributed by atoms with Crippen LogP contribution in [0, 0.1) is 0 Å². The fourth-order valence-electron chi connectivity index (χ4n) is 4.83. The van der Waals surface area contributed by atoms with Gasteiger partial charge in [-0.1, -0.05) is 19.3 Å². The maximum atomic E-state index is 13.3. The van der Waals surface area contributed by atoms with Crippen molar-refractivity contribution in [3.63, 3.8) is 0 Å². The molecule has 1 amide bonds. The summed E-state index contributed by atoms with van der Waals surface area (Å²) in [5.41, 5.74) is 1.20. The lowest BCUT2D eigenvalue weighted by molar-refractivity contribution is -0.141. The van der Waals surface area contributed by atoms with Crippen LogP contribution in [0.2, 0.25) is 0 Å². The Morgan fingerprint density at radius 3 is 2.39 bits per heavy atom. The van der Waals surface area contributed by atoms with Gasteiger partial charge in [0.05, 0.1) is 30.4 Å². The van der Waals surface area contributed by atoms with E-state index < -0.39 is 17.7 Å². The van der Waals surface area contributed by atoms with Crippen molar-refractivity contribution >= 4 is 17.4 Å². The van der Waals surface area contributed by atoms with Gasteiger partial charge < -0.3 is 19.5 Å². The summed E-state index contributed by atoms with van der Waals surface area (Å²) < 4.78 is 11.3. The largest absolute Gasteiger partial charge is 0.507 e. The van der Waals surface area contributed by atoms with E-state index in [9.17, 15) is 14.7 Å². The number of hydrogen-bond acceptors (Lipinski definition) is 6. The maximum Gasteiger partial charge on any atom is 0.295 e. The number of pyridine rings is 1. The number of rotatable bonds is 7. The van der Waals surface area contributed by atoms with E-state index in [1.165, 1.54) is 0 Å². The van der Waals surface area contributed by atoms with Crippen LogP contribution in [0.1, 0.15) is 63.1 Å². The zero-order valence-corrected chi connectivity index (χ0v) is 19.1. The van der Waals surface area contributed by atoms with Crippen LogP contribution in [0.15, 0.2) is 48.3 Å². The van der Waals surface area contributed by atoms with Gasteiger partial charge in [-0.25, -0.2) is 0 Å². The number of ether oxygens (including phenoxy) is 2. The average Bonchev–Trinajstić information content (AvgIpc) is 3.11. The van der Waals surface area contributed by atoms with E-state index in [1.54, 1.807) is 47.6 Å². The van der Waals surface area contributed by atoms with E-state index in [2.05, 4.69) is 4.98 Å². The molecule has 2 aromatic rings. The molecule has 4 rings (SSSR count). The lowest BCUT2D eigenvalue weighted by atomic mass is 9.91. The lowest BCUT2D eigenvalue weighted by Crippen LogP contribution is -2.40. The van der Waals surface area contributed by atoms with Crippen molar-refractivity contribution in [1.82, 2.24) is 9.88 Å². The Morgan fingerprint density at radius 1 is 1.03 bits per heavy atom. The van der Waals surface area contributed by atoms with Crippen molar-refractivity contribution in [2.45, 2.75) is 58.0 Å². The third kappa shape index (κ3) is 4.45. The highest BCUT2D eigenvalue weighted by atomic mass is 16.5. The molecule has 1 saturated heterocycles. The molecular formula is C26H30N2O5. The molecule has 2 fully saturated rings. The second-order valence-corrected chi connectivity index (χ2v) is 8.30. The van der Waals surface area contributed by atoms with Crippen molar-refractivity contribution in [3.8, 4) is 11.5 Å². The third-order valence-electron chi connectivity index (χ3n) is 6.29. The minimum absolute atomic E-state index is 0.0367. The van der Waals surface area contributed by atoms with E-state index in [1.807, 2.05) is 13.8 Å². The Kier molecular flexibility index (Phi) is 6.96. The normalized spacial score (nSPS) is 20.8. The topological polar surface area (TPSA) is 89.0 Å². The van der Waals surface area contributed by atoms with Gasteiger partial charge in [0, 0.05) is 24.5 Å². The first-order valence-electron chi connectivity index (χ1n) is 11.7. The average molecular weight is 451 g/mol. The summed E-state index contributed by atoms with van der Waals surface area (Å²) in [4.78, 5) is 32.3. The molecule has 1 aliphatic heterocycles. The van der Waals surface area contributed by atoms with Gasteiger partial charge in [-0.2, -0.15) is 0 Å². The van der Waals surface area contributed by atoms with E-state index in [-0.39, 0.29) is 17.4 Å². The highest BCUT2D eigenvalue weighted by Gasteiger charge is 2.49. The Labute approximate surface area is 194 Å². The van der Waals surface area contributed by atoms with Crippen molar-refractivity contribution in [2.75, 3.05) is 13.2 Å². The molecule has 1 aromatic heterocycles. The molecule has 1 unspecified atom stereocenters. The number of aliphatic hydroxyl groups excluding tert-OH is 1. The van der Waals surface area contributed by atoms with Crippen LogP contribution in [-0.2, 0) is 9.59 Å². The van der Waals surface area contributed by atoms with Gasteiger partial charge in [0.15, 0.2) is 0 Å². The number of carbonyl (C=O) groups excluding carboxylic acids is 2. The van der Waals surface area contributed by atoms with Crippen molar-refractivity contribution in [1.29, 1.82) is 0 Å². The predicted molar refractivity (Wildman–Crippen MR) is 124 cm³/mol. The predicted octanol–water partition coefficient (Wildman–Crippen LogP) is 4.63. The molecule has 0 spiro atoms. The molecule has 7 nitrogen and oxygen atoms in total. The summed E-state index contributed by atoms with van der Waals surface area (Å²) >= 11 is 0. The van der Waals surface area contributed by atoms with Crippen LogP contribution in [-0.4, -0.2) is 45.9 Å². The van der Waals surface area contributed by atoms with Gasteiger partial charge in [-0.15, -0.1) is 0 Å². The first-order valence-corrected chi connectivity index (χ1v) is 11.7. The quantitative estimate of drug-likeness (QED) is 0.376. The van der Waals surface area contributed by atoms with E-state index in [4.69, 9.17) is 9.47 Å². The number of Topliss-reactive ketones (excluding diaryl/α,β-unsaturated/α-hetero) is 1. The number of hydrogen-bond donors (Lipinski definition) is 1. The Hall–Kier alpha value is -3.35. The number of aliphatic hydroxyl groups is 1. The summed E-state index contributed by atoms with van der Waals surface area (Å²) in [5, 5.41) is 11.4. The molecule has 1 atom stereocenters. The van der Waals surface area contributed by atoms with Crippen molar-refractivity contribution in [3.05, 3.63) is 59.4 Å². The standard InChI is InChI=1S/C26H30N2O5/c1-3-32-19-10-11-20(21(16-19)33-4-2)24(29)22-23(17-12-14-27-15-13-17)28(26(31)25(22)30)18-8-6-5-7-9-18/h10-16,18,23,29H,3-9H2,1-2H3/b24-22-. The molecule has 0 bridgehead atoms. The molecule has 2 heterocycles. The SMILES string of the molecule is CCOc1ccc(/C(O)=C2/C(=O)C(=O)N(C3CCCCC3)C2c2ccncc2)c(OCC)c1. The van der Waals surface area contributed by atoms with Gasteiger partial charge in [0.2, 0.25) is 0 Å². The zero-order valence-electron chi connectivity index (χ0n) is 19.1. The van der Waals surface area contributed by atoms with Gasteiger partial charge in [-0.3, -0.25) is 14.6 Å². The van der Waals surface area contributed by atoms with Crippen LogP contribution in [0.3, 0.4) is 0 Å². The lowest BCUT2D eigenvalue weighted by Gasteiger charge is -2.35. The van der Waals surface area contributed by atoms with E-state index in [0.717, 1.165) is 37.7 Å².